The average Bonchev–Trinajstić information content (AvgIpc) is 2.28. The standard InChI is InChI=1S/C13H18BrNO/c1-11-6-5-7-12(10-11)15(2)13(16)8-3-4-9-14/h5-7,10H,3-4,8-9H2,1-2H3. The Kier molecular flexibility index (Phi) is 5.53. The van der Waals surface area contributed by atoms with Crippen LogP contribution in [-0.4, -0.2) is 18.3 Å². The SMILES string of the molecule is Cc1cccc(N(C)C(=O)CCCCBr)c1. The fourth-order valence-electron chi connectivity index (χ4n) is 1.52. The van der Waals surface area contributed by atoms with E-state index in [0.717, 1.165) is 23.9 Å². The number of aryl methyl sites for hydroxylation is 1. The van der Waals surface area contributed by atoms with Gasteiger partial charge in [-0.3, -0.25) is 4.79 Å². The molecule has 0 fully saturated rings. The number of carbonyl (C=O) groups excluding carboxylic acids is 1. The summed E-state index contributed by atoms with van der Waals surface area (Å²) in [6.07, 6.45) is 2.61. The highest BCUT2D eigenvalue weighted by Crippen LogP contribution is 2.15. The smallest absolute Gasteiger partial charge is 0.226 e. The summed E-state index contributed by atoms with van der Waals surface area (Å²) < 4.78 is 0. The number of carbonyl (C=O) groups is 1. The summed E-state index contributed by atoms with van der Waals surface area (Å²) in [4.78, 5) is 13.6. The van der Waals surface area contributed by atoms with Gasteiger partial charge in [-0.2, -0.15) is 0 Å². The van der Waals surface area contributed by atoms with Crippen molar-refractivity contribution in [3.8, 4) is 0 Å². The quantitative estimate of drug-likeness (QED) is 0.598. The zero-order chi connectivity index (χ0) is 12.0. The van der Waals surface area contributed by atoms with Crippen LogP contribution < -0.4 is 4.90 Å². The van der Waals surface area contributed by atoms with Gasteiger partial charge < -0.3 is 4.90 Å². The lowest BCUT2D eigenvalue weighted by Crippen LogP contribution is -2.25. The van der Waals surface area contributed by atoms with Crippen LogP contribution in [0, 0.1) is 6.92 Å². The molecule has 0 aliphatic heterocycles. The number of halogens is 1. The van der Waals surface area contributed by atoms with Crippen molar-refractivity contribution < 1.29 is 4.79 Å². The van der Waals surface area contributed by atoms with Crippen LogP contribution in [0.1, 0.15) is 24.8 Å². The molecule has 0 saturated heterocycles. The molecule has 0 bridgehead atoms. The van der Waals surface area contributed by atoms with Gasteiger partial charge in [-0.15, -0.1) is 0 Å². The zero-order valence-electron chi connectivity index (χ0n) is 9.87. The van der Waals surface area contributed by atoms with Crippen molar-refractivity contribution in [2.75, 3.05) is 17.3 Å². The Balaban J connectivity index is 2.56. The number of hydrogen-bond acceptors (Lipinski definition) is 1. The van der Waals surface area contributed by atoms with Crippen molar-refractivity contribution >= 4 is 27.5 Å². The van der Waals surface area contributed by atoms with E-state index in [-0.39, 0.29) is 5.91 Å². The molecule has 0 spiro atoms. The third-order valence-corrected chi connectivity index (χ3v) is 3.10. The third-order valence-electron chi connectivity index (χ3n) is 2.54. The van der Waals surface area contributed by atoms with Crippen LogP contribution in [0.5, 0.6) is 0 Å². The van der Waals surface area contributed by atoms with Crippen LogP contribution in [0.2, 0.25) is 0 Å². The Morgan fingerprint density at radius 3 is 2.75 bits per heavy atom. The van der Waals surface area contributed by atoms with Crippen LogP contribution in [0.15, 0.2) is 24.3 Å². The highest BCUT2D eigenvalue weighted by atomic mass is 79.9. The maximum Gasteiger partial charge on any atom is 0.226 e. The summed E-state index contributed by atoms with van der Waals surface area (Å²) in [5.41, 5.74) is 2.15. The molecule has 1 aromatic rings. The van der Waals surface area contributed by atoms with E-state index in [1.54, 1.807) is 4.90 Å². The first-order valence-electron chi connectivity index (χ1n) is 5.54. The molecule has 0 saturated carbocycles. The van der Waals surface area contributed by atoms with Gasteiger partial charge in [-0.25, -0.2) is 0 Å². The van der Waals surface area contributed by atoms with Gasteiger partial charge in [0.15, 0.2) is 0 Å². The number of rotatable bonds is 5. The van der Waals surface area contributed by atoms with Gasteiger partial charge in [0.25, 0.3) is 0 Å². The molecule has 1 amide bonds. The maximum absolute atomic E-state index is 11.8. The Morgan fingerprint density at radius 2 is 2.12 bits per heavy atom. The minimum Gasteiger partial charge on any atom is -0.315 e. The second-order valence-corrected chi connectivity index (χ2v) is 4.73. The van der Waals surface area contributed by atoms with E-state index in [1.165, 1.54) is 5.56 Å². The van der Waals surface area contributed by atoms with Crippen molar-refractivity contribution in [3.05, 3.63) is 29.8 Å². The molecular formula is C13H18BrNO. The normalized spacial score (nSPS) is 10.2. The fourth-order valence-corrected chi connectivity index (χ4v) is 1.92. The first kappa shape index (κ1) is 13.2. The Labute approximate surface area is 106 Å². The van der Waals surface area contributed by atoms with Crippen molar-refractivity contribution in [1.82, 2.24) is 0 Å². The molecule has 0 atom stereocenters. The van der Waals surface area contributed by atoms with Gasteiger partial charge in [0.05, 0.1) is 0 Å². The molecule has 16 heavy (non-hydrogen) atoms. The lowest BCUT2D eigenvalue weighted by Gasteiger charge is -2.17. The number of alkyl halides is 1. The van der Waals surface area contributed by atoms with E-state index in [2.05, 4.69) is 15.9 Å². The molecule has 0 heterocycles. The molecule has 1 rings (SSSR count). The summed E-state index contributed by atoms with van der Waals surface area (Å²) in [6.45, 7) is 2.03. The van der Waals surface area contributed by atoms with E-state index < -0.39 is 0 Å². The maximum atomic E-state index is 11.8. The van der Waals surface area contributed by atoms with Crippen molar-refractivity contribution in [2.45, 2.75) is 26.2 Å². The molecular weight excluding hydrogens is 266 g/mol. The second-order valence-electron chi connectivity index (χ2n) is 3.94. The molecule has 3 heteroatoms. The topological polar surface area (TPSA) is 20.3 Å². The fraction of sp³-hybridized carbons (Fsp3) is 0.462. The minimum atomic E-state index is 0.187. The molecule has 88 valence electrons. The average molecular weight is 284 g/mol. The van der Waals surface area contributed by atoms with Crippen molar-refractivity contribution in [3.63, 3.8) is 0 Å². The lowest BCUT2D eigenvalue weighted by molar-refractivity contribution is -0.118. The van der Waals surface area contributed by atoms with E-state index in [4.69, 9.17) is 0 Å². The lowest BCUT2D eigenvalue weighted by atomic mass is 10.2. The molecule has 0 radical (unpaired) electrons. The van der Waals surface area contributed by atoms with Gasteiger partial charge >= 0.3 is 0 Å². The monoisotopic (exact) mass is 283 g/mol. The molecule has 0 aliphatic rings. The van der Waals surface area contributed by atoms with Gasteiger partial charge in [0.2, 0.25) is 5.91 Å². The van der Waals surface area contributed by atoms with E-state index in [1.807, 2.05) is 38.2 Å². The number of anilines is 1. The number of nitrogens with zero attached hydrogens (tertiary/aromatic N) is 1. The molecule has 0 N–H and O–H groups in total. The van der Waals surface area contributed by atoms with E-state index >= 15 is 0 Å². The summed E-state index contributed by atoms with van der Waals surface area (Å²) in [5, 5.41) is 0.967. The number of unbranched alkanes of at least 4 members (excludes halogenated alkanes) is 1. The molecule has 2 nitrogen and oxygen atoms in total. The van der Waals surface area contributed by atoms with Crippen LogP contribution >= 0.6 is 15.9 Å². The molecule has 1 aromatic carbocycles. The van der Waals surface area contributed by atoms with Crippen LogP contribution in [0.3, 0.4) is 0 Å². The molecule has 0 aliphatic carbocycles. The summed E-state index contributed by atoms with van der Waals surface area (Å²) in [6, 6.07) is 8.01. The Bertz CT molecular complexity index is 352. The Morgan fingerprint density at radius 1 is 1.38 bits per heavy atom. The van der Waals surface area contributed by atoms with E-state index in [0.29, 0.717) is 6.42 Å². The summed E-state index contributed by atoms with van der Waals surface area (Å²) >= 11 is 3.37. The predicted molar refractivity (Wildman–Crippen MR) is 72.2 cm³/mol. The Hall–Kier alpha value is -0.830. The van der Waals surface area contributed by atoms with Gasteiger partial charge in [-0.1, -0.05) is 28.1 Å². The minimum absolute atomic E-state index is 0.187. The highest BCUT2D eigenvalue weighted by Gasteiger charge is 2.09. The largest absolute Gasteiger partial charge is 0.315 e. The molecule has 0 aromatic heterocycles. The second kappa shape index (κ2) is 6.69. The van der Waals surface area contributed by atoms with Crippen LogP contribution in [-0.2, 0) is 4.79 Å². The van der Waals surface area contributed by atoms with Gasteiger partial charge in [0, 0.05) is 24.5 Å². The zero-order valence-corrected chi connectivity index (χ0v) is 11.5. The first-order chi connectivity index (χ1) is 7.65. The predicted octanol–water partition coefficient (Wildman–Crippen LogP) is 3.52. The van der Waals surface area contributed by atoms with Gasteiger partial charge in [-0.05, 0) is 37.5 Å². The van der Waals surface area contributed by atoms with Crippen LogP contribution in [0.4, 0.5) is 5.69 Å². The molecule has 0 unspecified atom stereocenters. The third kappa shape index (κ3) is 3.97. The van der Waals surface area contributed by atoms with E-state index in [9.17, 15) is 4.79 Å². The highest BCUT2D eigenvalue weighted by molar-refractivity contribution is 9.09. The van der Waals surface area contributed by atoms with Crippen molar-refractivity contribution in [2.24, 2.45) is 0 Å². The summed E-state index contributed by atoms with van der Waals surface area (Å²) in [5.74, 6) is 0.187. The number of hydrogen-bond donors (Lipinski definition) is 0. The number of benzene rings is 1. The number of amides is 1. The van der Waals surface area contributed by atoms with Crippen molar-refractivity contribution in [1.29, 1.82) is 0 Å². The summed E-state index contributed by atoms with van der Waals surface area (Å²) in [7, 11) is 1.84. The van der Waals surface area contributed by atoms with Gasteiger partial charge in [0.1, 0.15) is 0 Å². The first-order valence-corrected chi connectivity index (χ1v) is 6.66. The van der Waals surface area contributed by atoms with Crippen LogP contribution in [0.25, 0.3) is 0 Å².